The van der Waals surface area contributed by atoms with Crippen molar-refractivity contribution < 1.29 is 19.7 Å². The first-order valence-electron chi connectivity index (χ1n) is 4.22. The number of hydrogen-bond donors (Lipinski definition) is 3. The molecule has 1 aromatic rings. The molecular formula is C9H12N2O4. The molecule has 82 valence electrons. The summed E-state index contributed by atoms with van der Waals surface area (Å²) in [6, 6.07) is 3.09. The zero-order chi connectivity index (χ0) is 11.4. The molecule has 6 nitrogen and oxygen atoms in total. The number of carbonyl (C=O) groups excluding carboxylic acids is 1. The Morgan fingerprint density at radius 1 is 1.60 bits per heavy atom. The molecule has 1 rings (SSSR count). The predicted molar refractivity (Wildman–Crippen MR) is 51.6 cm³/mol. The molecule has 1 heterocycles. The molecular weight excluding hydrogens is 200 g/mol. The molecule has 0 radical (unpaired) electrons. The molecule has 4 N–H and O–H groups in total. The summed E-state index contributed by atoms with van der Waals surface area (Å²) in [6.45, 7) is 0. The largest absolute Gasteiger partial charge is 0.467 e. The van der Waals surface area contributed by atoms with Gasteiger partial charge in [0, 0.05) is 6.20 Å². The SMILES string of the molecule is COC(=O)C(O)C(O)c1ncccc1N. The summed E-state index contributed by atoms with van der Waals surface area (Å²) in [4.78, 5) is 14.7. The Kier molecular flexibility index (Phi) is 3.59. The summed E-state index contributed by atoms with van der Waals surface area (Å²) >= 11 is 0. The number of aliphatic hydroxyl groups is 2. The number of hydrogen-bond acceptors (Lipinski definition) is 6. The first kappa shape index (κ1) is 11.4. The Balaban J connectivity index is 2.89. The van der Waals surface area contributed by atoms with Gasteiger partial charge in [0.2, 0.25) is 0 Å². The van der Waals surface area contributed by atoms with Crippen molar-refractivity contribution >= 4 is 11.7 Å². The van der Waals surface area contributed by atoms with Gasteiger partial charge in [-0.15, -0.1) is 0 Å². The van der Waals surface area contributed by atoms with Gasteiger partial charge in [-0.25, -0.2) is 4.79 Å². The number of nitrogens with two attached hydrogens (primary N) is 1. The van der Waals surface area contributed by atoms with Crippen molar-refractivity contribution in [2.24, 2.45) is 0 Å². The van der Waals surface area contributed by atoms with E-state index in [2.05, 4.69) is 9.72 Å². The maximum absolute atomic E-state index is 10.9. The third kappa shape index (κ3) is 2.42. The van der Waals surface area contributed by atoms with Crippen LogP contribution in [0.1, 0.15) is 11.8 Å². The fourth-order valence-corrected chi connectivity index (χ4v) is 1.08. The summed E-state index contributed by atoms with van der Waals surface area (Å²) in [5.41, 5.74) is 5.77. The average molecular weight is 212 g/mol. The van der Waals surface area contributed by atoms with Crippen LogP contribution in [0.15, 0.2) is 18.3 Å². The van der Waals surface area contributed by atoms with Crippen LogP contribution in [0.4, 0.5) is 5.69 Å². The zero-order valence-electron chi connectivity index (χ0n) is 8.12. The third-order valence-electron chi connectivity index (χ3n) is 1.89. The van der Waals surface area contributed by atoms with Gasteiger partial charge in [-0.1, -0.05) is 0 Å². The Hall–Kier alpha value is -1.66. The van der Waals surface area contributed by atoms with E-state index >= 15 is 0 Å². The van der Waals surface area contributed by atoms with Gasteiger partial charge in [-0.3, -0.25) is 4.98 Å². The molecule has 0 saturated heterocycles. The van der Waals surface area contributed by atoms with E-state index in [4.69, 9.17) is 5.73 Å². The summed E-state index contributed by atoms with van der Waals surface area (Å²) in [7, 11) is 1.11. The van der Waals surface area contributed by atoms with E-state index in [9.17, 15) is 15.0 Å². The second-order valence-corrected chi connectivity index (χ2v) is 2.89. The Morgan fingerprint density at radius 2 is 2.27 bits per heavy atom. The quantitative estimate of drug-likeness (QED) is 0.568. The van der Waals surface area contributed by atoms with Crippen molar-refractivity contribution in [3.8, 4) is 0 Å². The lowest BCUT2D eigenvalue weighted by Crippen LogP contribution is -2.30. The van der Waals surface area contributed by atoms with Crippen LogP contribution in [0, 0.1) is 0 Å². The Morgan fingerprint density at radius 3 is 2.80 bits per heavy atom. The molecule has 0 fully saturated rings. The second kappa shape index (κ2) is 4.72. The van der Waals surface area contributed by atoms with E-state index in [1.54, 1.807) is 6.07 Å². The van der Waals surface area contributed by atoms with Crippen LogP contribution in [0.5, 0.6) is 0 Å². The smallest absolute Gasteiger partial charge is 0.337 e. The summed E-state index contributed by atoms with van der Waals surface area (Å²) < 4.78 is 4.28. The number of rotatable bonds is 3. The topological polar surface area (TPSA) is 106 Å². The maximum Gasteiger partial charge on any atom is 0.337 e. The highest BCUT2D eigenvalue weighted by Gasteiger charge is 2.28. The fourth-order valence-electron chi connectivity index (χ4n) is 1.08. The van der Waals surface area contributed by atoms with Gasteiger partial charge in [0.15, 0.2) is 6.10 Å². The molecule has 0 aliphatic heterocycles. The number of nitrogen functional groups attached to an aromatic ring is 1. The van der Waals surface area contributed by atoms with E-state index in [1.807, 2.05) is 0 Å². The molecule has 0 saturated carbocycles. The predicted octanol–water partition coefficient (Wildman–Crippen LogP) is -0.769. The van der Waals surface area contributed by atoms with E-state index < -0.39 is 18.2 Å². The molecule has 0 amide bonds. The highest BCUT2D eigenvalue weighted by atomic mass is 16.5. The van der Waals surface area contributed by atoms with E-state index in [-0.39, 0.29) is 11.4 Å². The lowest BCUT2D eigenvalue weighted by Gasteiger charge is -2.16. The molecule has 0 aromatic carbocycles. The van der Waals surface area contributed by atoms with Gasteiger partial charge >= 0.3 is 5.97 Å². The molecule has 0 aliphatic carbocycles. The molecule has 6 heteroatoms. The molecule has 0 spiro atoms. The first-order valence-corrected chi connectivity index (χ1v) is 4.22. The van der Waals surface area contributed by atoms with Crippen LogP contribution in [0.25, 0.3) is 0 Å². The number of pyridine rings is 1. The van der Waals surface area contributed by atoms with Crippen LogP contribution >= 0.6 is 0 Å². The first-order chi connectivity index (χ1) is 7.07. The van der Waals surface area contributed by atoms with Crippen LogP contribution in [0.3, 0.4) is 0 Å². The molecule has 15 heavy (non-hydrogen) atoms. The van der Waals surface area contributed by atoms with Crippen molar-refractivity contribution in [3.63, 3.8) is 0 Å². The van der Waals surface area contributed by atoms with E-state index in [0.29, 0.717) is 0 Å². The Labute approximate surface area is 86.3 Å². The zero-order valence-corrected chi connectivity index (χ0v) is 8.12. The number of carbonyl (C=O) groups is 1. The van der Waals surface area contributed by atoms with E-state index in [0.717, 1.165) is 7.11 Å². The minimum absolute atomic E-state index is 0.0513. The number of anilines is 1. The molecule has 0 aliphatic rings. The fraction of sp³-hybridized carbons (Fsp3) is 0.333. The number of esters is 1. The highest BCUT2D eigenvalue weighted by Crippen LogP contribution is 2.20. The number of ether oxygens (including phenoxy) is 1. The van der Waals surface area contributed by atoms with Crippen molar-refractivity contribution in [2.45, 2.75) is 12.2 Å². The molecule has 2 unspecified atom stereocenters. The lowest BCUT2D eigenvalue weighted by atomic mass is 10.1. The standard InChI is InChI=1S/C9H12N2O4/c1-15-9(14)8(13)7(12)6-5(10)3-2-4-11-6/h2-4,7-8,12-13H,10H2,1H3. The normalized spacial score (nSPS) is 14.3. The summed E-state index contributed by atoms with van der Waals surface area (Å²) in [5, 5.41) is 18.9. The van der Waals surface area contributed by atoms with Gasteiger partial charge in [-0.05, 0) is 12.1 Å². The molecule has 1 aromatic heterocycles. The van der Waals surface area contributed by atoms with Crippen molar-refractivity contribution in [1.82, 2.24) is 4.98 Å². The van der Waals surface area contributed by atoms with Crippen LogP contribution in [0.2, 0.25) is 0 Å². The van der Waals surface area contributed by atoms with Crippen LogP contribution < -0.4 is 5.73 Å². The maximum atomic E-state index is 10.9. The number of nitrogens with zero attached hydrogens (tertiary/aromatic N) is 1. The third-order valence-corrected chi connectivity index (χ3v) is 1.89. The minimum atomic E-state index is -1.69. The van der Waals surface area contributed by atoms with Gasteiger partial charge in [0.1, 0.15) is 6.10 Å². The molecule has 2 atom stereocenters. The minimum Gasteiger partial charge on any atom is -0.467 e. The Bertz CT molecular complexity index is 356. The molecule has 0 bridgehead atoms. The second-order valence-electron chi connectivity index (χ2n) is 2.89. The number of methoxy groups -OCH3 is 1. The summed E-state index contributed by atoms with van der Waals surface area (Å²) in [6.07, 6.45) is -1.77. The van der Waals surface area contributed by atoms with Crippen molar-refractivity contribution in [1.29, 1.82) is 0 Å². The van der Waals surface area contributed by atoms with E-state index in [1.165, 1.54) is 12.3 Å². The van der Waals surface area contributed by atoms with Crippen molar-refractivity contribution in [2.75, 3.05) is 12.8 Å². The average Bonchev–Trinajstić information content (AvgIpc) is 2.26. The van der Waals surface area contributed by atoms with Crippen molar-refractivity contribution in [3.05, 3.63) is 24.0 Å². The monoisotopic (exact) mass is 212 g/mol. The van der Waals surface area contributed by atoms with Crippen LogP contribution in [-0.2, 0) is 9.53 Å². The number of aliphatic hydroxyl groups excluding tert-OH is 2. The lowest BCUT2D eigenvalue weighted by molar-refractivity contribution is -0.156. The van der Waals surface area contributed by atoms with Gasteiger partial charge in [-0.2, -0.15) is 0 Å². The van der Waals surface area contributed by atoms with Crippen LogP contribution in [-0.4, -0.2) is 34.4 Å². The van der Waals surface area contributed by atoms with Gasteiger partial charge < -0.3 is 20.7 Å². The number of aromatic nitrogens is 1. The summed E-state index contributed by atoms with van der Waals surface area (Å²) in [5.74, 6) is -0.937. The highest BCUT2D eigenvalue weighted by molar-refractivity contribution is 5.75. The van der Waals surface area contributed by atoms with Gasteiger partial charge in [0.25, 0.3) is 0 Å². The van der Waals surface area contributed by atoms with Gasteiger partial charge in [0.05, 0.1) is 18.5 Å².